The zero-order chi connectivity index (χ0) is 12.4. The van der Waals surface area contributed by atoms with Crippen LogP contribution in [0.1, 0.15) is 18.4 Å². The molecule has 96 valence electrons. The van der Waals surface area contributed by atoms with E-state index >= 15 is 0 Å². The number of ether oxygens (including phenoxy) is 2. The standard InChI is InChI=1S/C15H19NO2/c1-16-15(12-6-4-8-17-10-12)14-9-11-5-2-3-7-13(11)18-14/h2-3,5,7,10,14-16H,4,6,8-9H2,1H3. The Labute approximate surface area is 108 Å². The number of fused-ring (bicyclic) bond motifs is 1. The van der Waals surface area contributed by atoms with Gasteiger partial charge in [0.05, 0.1) is 18.9 Å². The lowest BCUT2D eigenvalue weighted by Gasteiger charge is -2.27. The molecule has 0 saturated heterocycles. The van der Waals surface area contributed by atoms with E-state index in [-0.39, 0.29) is 12.1 Å². The van der Waals surface area contributed by atoms with Crippen molar-refractivity contribution >= 4 is 0 Å². The van der Waals surface area contributed by atoms with Gasteiger partial charge in [-0.25, -0.2) is 0 Å². The van der Waals surface area contributed by atoms with Crippen molar-refractivity contribution in [1.82, 2.24) is 5.32 Å². The molecule has 0 aliphatic carbocycles. The van der Waals surface area contributed by atoms with Crippen molar-refractivity contribution in [2.24, 2.45) is 0 Å². The third kappa shape index (κ3) is 2.10. The molecule has 2 aliphatic heterocycles. The summed E-state index contributed by atoms with van der Waals surface area (Å²) < 4.78 is 11.5. The Balaban J connectivity index is 1.77. The first-order valence-electron chi connectivity index (χ1n) is 6.61. The summed E-state index contributed by atoms with van der Waals surface area (Å²) in [6, 6.07) is 8.54. The minimum atomic E-state index is 0.181. The summed E-state index contributed by atoms with van der Waals surface area (Å²) in [5.41, 5.74) is 2.63. The maximum absolute atomic E-state index is 6.05. The fourth-order valence-corrected chi connectivity index (χ4v) is 2.82. The van der Waals surface area contributed by atoms with Gasteiger partial charge in [-0.3, -0.25) is 0 Å². The van der Waals surface area contributed by atoms with Crippen LogP contribution < -0.4 is 10.1 Å². The summed E-state index contributed by atoms with van der Waals surface area (Å²) in [6.45, 7) is 0.839. The summed E-state index contributed by atoms with van der Waals surface area (Å²) >= 11 is 0. The minimum Gasteiger partial charge on any atom is -0.501 e. The Morgan fingerprint density at radius 3 is 2.94 bits per heavy atom. The molecule has 2 atom stereocenters. The molecule has 3 nitrogen and oxygen atoms in total. The van der Waals surface area contributed by atoms with E-state index in [0.29, 0.717) is 0 Å². The van der Waals surface area contributed by atoms with Crippen molar-refractivity contribution in [3.63, 3.8) is 0 Å². The molecule has 18 heavy (non-hydrogen) atoms. The number of hydrogen-bond donors (Lipinski definition) is 1. The van der Waals surface area contributed by atoms with Crippen LogP contribution in [0.4, 0.5) is 0 Å². The van der Waals surface area contributed by atoms with Crippen LogP contribution in [0.5, 0.6) is 5.75 Å². The molecule has 0 saturated carbocycles. The van der Waals surface area contributed by atoms with Crippen molar-refractivity contribution in [1.29, 1.82) is 0 Å². The first kappa shape index (κ1) is 11.6. The van der Waals surface area contributed by atoms with Crippen LogP contribution in [0.2, 0.25) is 0 Å². The monoisotopic (exact) mass is 245 g/mol. The number of benzene rings is 1. The number of likely N-dealkylation sites (N-methyl/N-ethyl adjacent to an activating group) is 1. The molecule has 2 aliphatic rings. The van der Waals surface area contributed by atoms with Crippen LogP contribution in [0, 0.1) is 0 Å². The molecule has 0 aromatic heterocycles. The first-order chi connectivity index (χ1) is 8.88. The largest absolute Gasteiger partial charge is 0.501 e. The second-order valence-corrected chi connectivity index (χ2v) is 4.90. The molecule has 0 fully saturated rings. The Morgan fingerprint density at radius 1 is 1.33 bits per heavy atom. The number of nitrogens with one attached hydrogen (secondary N) is 1. The van der Waals surface area contributed by atoms with Gasteiger partial charge in [0.25, 0.3) is 0 Å². The number of hydrogen-bond acceptors (Lipinski definition) is 3. The van der Waals surface area contributed by atoms with E-state index in [1.807, 2.05) is 25.4 Å². The normalized spacial score (nSPS) is 23.6. The molecule has 1 aromatic rings. The lowest BCUT2D eigenvalue weighted by molar-refractivity contribution is 0.176. The predicted molar refractivity (Wildman–Crippen MR) is 70.7 cm³/mol. The van der Waals surface area contributed by atoms with E-state index in [9.17, 15) is 0 Å². The molecule has 2 unspecified atom stereocenters. The summed E-state index contributed by atoms with van der Waals surface area (Å²) in [5, 5.41) is 3.38. The number of para-hydroxylation sites is 1. The van der Waals surface area contributed by atoms with Crippen LogP contribution in [0.3, 0.4) is 0 Å². The molecule has 3 rings (SSSR count). The Morgan fingerprint density at radius 2 is 2.22 bits per heavy atom. The summed E-state index contributed by atoms with van der Waals surface area (Å²) in [7, 11) is 1.99. The summed E-state index contributed by atoms with van der Waals surface area (Å²) in [6.07, 6.45) is 5.27. The van der Waals surface area contributed by atoms with E-state index in [4.69, 9.17) is 9.47 Å². The highest BCUT2D eigenvalue weighted by Crippen LogP contribution is 2.32. The van der Waals surface area contributed by atoms with Crippen LogP contribution in [-0.4, -0.2) is 25.8 Å². The highest BCUT2D eigenvalue weighted by atomic mass is 16.5. The highest BCUT2D eigenvalue weighted by Gasteiger charge is 2.32. The van der Waals surface area contributed by atoms with Crippen LogP contribution in [-0.2, 0) is 11.2 Å². The minimum absolute atomic E-state index is 0.181. The molecule has 0 amide bonds. The van der Waals surface area contributed by atoms with Crippen molar-refractivity contribution in [3.8, 4) is 5.75 Å². The Bertz CT molecular complexity index is 431. The average Bonchev–Trinajstić information content (AvgIpc) is 2.84. The van der Waals surface area contributed by atoms with Crippen LogP contribution in [0.25, 0.3) is 0 Å². The lowest BCUT2D eigenvalue weighted by atomic mass is 9.95. The molecular formula is C15H19NO2. The summed E-state index contributed by atoms with van der Waals surface area (Å²) in [4.78, 5) is 0. The van der Waals surface area contributed by atoms with Gasteiger partial charge in [0.1, 0.15) is 11.9 Å². The third-order valence-corrected chi connectivity index (χ3v) is 3.72. The molecule has 2 heterocycles. The van der Waals surface area contributed by atoms with Gasteiger partial charge in [-0.1, -0.05) is 18.2 Å². The van der Waals surface area contributed by atoms with Crippen molar-refractivity contribution in [3.05, 3.63) is 41.7 Å². The second-order valence-electron chi connectivity index (χ2n) is 4.90. The van der Waals surface area contributed by atoms with Gasteiger partial charge in [0.2, 0.25) is 0 Å². The van der Waals surface area contributed by atoms with E-state index in [1.54, 1.807) is 0 Å². The fraction of sp³-hybridized carbons (Fsp3) is 0.467. The van der Waals surface area contributed by atoms with Crippen molar-refractivity contribution in [2.75, 3.05) is 13.7 Å². The summed E-state index contributed by atoms with van der Waals surface area (Å²) in [5.74, 6) is 1.03. The number of rotatable bonds is 3. The third-order valence-electron chi connectivity index (χ3n) is 3.72. The van der Waals surface area contributed by atoms with Crippen molar-refractivity contribution < 1.29 is 9.47 Å². The quantitative estimate of drug-likeness (QED) is 0.886. The zero-order valence-electron chi connectivity index (χ0n) is 10.7. The highest BCUT2D eigenvalue weighted by molar-refractivity contribution is 5.38. The van der Waals surface area contributed by atoms with E-state index in [2.05, 4.69) is 17.4 Å². The molecule has 1 N–H and O–H groups in total. The molecule has 1 aromatic carbocycles. The molecule has 0 bridgehead atoms. The van der Waals surface area contributed by atoms with Gasteiger partial charge in [-0.2, -0.15) is 0 Å². The van der Waals surface area contributed by atoms with Crippen LogP contribution in [0.15, 0.2) is 36.1 Å². The smallest absolute Gasteiger partial charge is 0.123 e. The first-order valence-corrected chi connectivity index (χ1v) is 6.61. The van der Waals surface area contributed by atoms with Gasteiger partial charge in [0.15, 0.2) is 0 Å². The fourth-order valence-electron chi connectivity index (χ4n) is 2.82. The van der Waals surface area contributed by atoms with Gasteiger partial charge in [-0.05, 0) is 37.1 Å². The molecule has 3 heteroatoms. The topological polar surface area (TPSA) is 30.5 Å². The van der Waals surface area contributed by atoms with E-state index in [0.717, 1.165) is 31.6 Å². The Kier molecular flexibility index (Phi) is 3.24. The van der Waals surface area contributed by atoms with E-state index in [1.165, 1.54) is 11.1 Å². The van der Waals surface area contributed by atoms with Gasteiger partial charge in [0, 0.05) is 6.42 Å². The Hall–Kier alpha value is -1.48. The van der Waals surface area contributed by atoms with E-state index < -0.39 is 0 Å². The maximum Gasteiger partial charge on any atom is 0.123 e. The molecular weight excluding hydrogens is 226 g/mol. The van der Waals surface area contributed by atoms with Crippen molar-refractivity contribution in [2.45, 2.75) is 31.4 Å². The van der Waals surface area contributed by atoms with Crippen LogP contribution >= 0.6 is 0 Å². The van der Waals surface area contributed by atoms with Gasteiger partial charge < -0.3 is 14.8 Å². The second kappa shape index (κ2) is 5.02. The molecule has 0 spiro atoms. The van der Waals surface area contributed by atoms with Gasteiger partial charge >= 0.3 is 0 Å². The zero-order valence-corrected chi connectivity index (χ0v) is 10.7. The predicted octanol–water partition coefficient (Wildman–Crippen LogP) is 2.27. The maximum atomic E-state index is 6.05. The average molecular weight is 245 g/mol. The van der Waals surface area contributed by atoms with Gasteiger partial charge in [-0.15, -0.1) is 0 Å². The molecule has 0 radical (unpaired) electrons. The SMILES string of the molecule is CNC(C1=COCCC1)C1Cc2ccccc2O1. The lowest BCUT2D eigenvalue weighted by Crippen LogP contribution is -2.42.